The number of morpholine rings is 1. The minimum absolute atomic E-state index is 0.0123. The molecule has 1 aliphatic rings. The Balaban J connectivity index is 1.82. The summed E-state index contributed by atoms with van der Waals surface area (Å²) in [5, 5.41) is 21.3. The summed E-state index contributed by atoms with van der Waals surface area (Å²) in [6.45, 7) is 3.00. The van der Waals surface area contributed by atoms with Crippen LogP contribution in [-0.2, 0) is 10.9 Å². The summed E-state index contributed by atoms with van der Waals surface area (Å²) in [7, 11) is 0. The van der Waals surface area contributed by atoms with Crippen LogP contribution in [-0.4, -0.2) is 59.7 Å². The highest BCUT2D eigenvalue weighted by Gasteiger charge is 2.36. The zero-order chi connectivity index (χ0) is 20.1. The van der Waals surface area contributed by atoms with Crippen LogP contribution in [0, 0.1) is 11.3 Å². The van der Waals surface area contributed by atoms with E-state index in [1.54, 1.807) is 23.6 Å². The number of aliphatic hydroxyl groups is 1. The largest absolute Gasteiger partial charge is 0.417 e. The first kappa shape index (κ1) is 21.1. The third-order valence-electron chi connectivity index (χ3n) is 4.16. The highest BCUT2D eigenvalue weighted by atomic mass is 32.2. The molecule has 0 spiro atoms. The maximum absolute atomic E-state index is 13.5. The molecule has 150 valence electrons. The van der Waals surface area contributed by atoms with Crippen LogP contribution in [0.2, 0.25) is 0 Å². The fraction of sp³-hybridized carbons (Fsp3) is 0.444. The van der Waals surface area contributed by atoms with Crippen molar-refractivity contribution < 1.29 is 23.0 Å². The van der Waals surface area contributed by atoms with E-state index in [4.69, 9.17) is 4.74 Å². The average Bonchev–Trinajstić information content (AvgIpc) is 3.20. The number of hydrogen-bond acceptors (Lipinski definition) is 7. The summed E-state index contributed by atoms with van der Waals surface area (Å²) >= 11 is 2.25. The van der Waals surface area contributed by atoms with Gasteiger partial charge in [0, 0.05) is 25.4 Å². The van der Waals surface area contributed by atoms with Gasteiger partial charge in [0.15, 0.2) is 0 Å². The molecule has 3 rings (SSSR count). The van der Waals surface area contributed by atoms with E-state index >= 15 is 0 Å². The zero-order valence-corrected chi connectivity index (χ0v) is 16.4. The molecule has 2 aromatic rings. The summed E-state index contributed by atoms with van der Waals surface area (Å²) in [5.74, 6) is 0.143. The van der Waals surface area contributed by atoms with Gasteiger partial charge in [-0.15, -0.1) is 23.1 Å². The number of halogens is 3. The number of nitriles is 1. The first-order chi connectivity index (χ1) is 13.4. The molecule has 1 fully saturated rings. The molecule has 0 amide bonds. The van der Waals surface area contributed by atoms with E-state index in [9.17, 15) is 23.5 Å². The molecule has 1 saturated heterocycles. The fourth-order valence-electron chi connectivity index (χ4n) is 2.82. The van der Waals surface area contributed by atoms with E-state index in [0.29, 0.717) is 37.7 Å². The average molecular weight is 429 g/mol. The van der Waals surface area contributed by atoms with Crippen molar-refractivity contribution in [2.45, 2.75) is 17.3 Å². The number of alkyl halides is 3. The third-order valence-corrected chi connectivity index (χ3v) is 6.17. The van der Waals surface area contributed by atoms with Crippen molar-refractivity contribution in [2.24, 2.45) is 0 Å². The second kappa shape index (κ2) is 9.24. The van der Waals surface area contributed by atoms with Gasteiger partial charge in [-0.1, -0.05) is 6.07 Å². The molecule has 0 aromatic carbocycles. The summed E-state index contributed by atoms with van der Waals surface area (Å²) in [5.41, 5.74) is -1.33. The maximum atomic E-state index is 13.5. The van der Waals surface area contributed by atoms with Crippen molar-refractivity contribution in [1.29, 1.82) is 5.26 Å². The van der Waals surface area contributed by atoms with Crippen LogP contribution < -0.4 is 0 Å². The predicted octanol–water partition coefficient (Wildman–Crippen LogP) is 3.49. The molecule has 0 saturated carbocycles. The second-order valence-corrected chi connectivity index (χ2v) is 8.16. The molecule has 0 aliphatic carbocycles. The molecule has 2 aromatic heterocycles. The highest BCUT2D eigenvalue weighted by molar-refractivity contribution is 7.99. The summed E-state index contributed by atoms with van der Waals surface area (Å²) in [6.07, 6.45) is -5.42. The standard InChI is InChI=1S/C18H18F3N3O2S2/c19-18(20,21)14-8-15(16-2-1-7-27-16)23-17(13(14)9-22)28-11-12(25)10-24-3-5-26-6-4-24/h1-2,7-8,12,25H,3-6,10-11H2/t12-/m0/s1. The molecular weight excluding hydrogens is 411 g/mol. The number of aliphatic hydroxyl groups excluding tert-OH is 1. The van der Waals surface area contributed by atoms with E-state index in [1.165, 1.54) is 11.3 Å². The van der Waals surface area contributed by atoms with E-state index in [0.717, 1.165) is 17.8 Å². The van der Waals surface area contributed by atoms with Gasteiger partial charge in [-0.25, -0.2) is 4.98 Å². The second-order valence-electron chi connectivity index (χ2n) is 6.20. The molecule has 1 aliphatic heterocycles. The van der Waals surface area contributed by atoms with Crippen molar-refractivity contribution >= 4 is 23.1 Å². The van der Waals surface area contributed by atoms with Gasteiger partial charge in [-0.2, -0.15) is 18.4 Å². The van der Waals surface area contributed by atoms with E-state index in [2.05, 4.69) is 4.98 Å². The molecular formula is C18H18F3N3O2S2. The Morgan fingerprint density at radius 1 is 1.39 bits per heavy atom. The number of hydrogen-bond donors (Lipinski definition) is 1. The molecule has 10 heteroatoms. The Morgan fingerprint density at radius 2 is 2.14 bits per heavy atom. The molecule has 5 nitrogen and oxygen atoms in total. The maximum Gasteiger partial charge on any atom is 0.417 e. The Kier molecular flexibility index (Phi) is 6.95. The Hall–Kier alpha value is -1.64. The van der Waals surface area contributed by atoms with E-state index < -0.39 is 23.4 Å². The minimum atomic E-state index is -4.66. The fourth-order valence-corrected chi connectivity index (χ4v) is 4.42. The lowest BCUT2D eigenvalue weighted by molar-refractivity contribution is -0.138. The molecule has 0 radical (unpaired) electrons. The van der Waals surface area contributed by atoms with Crippen molar-refractivity contribution in [3.8, 4) is 16.6 Å². The predicted molar refractivity (Wildman–Crippen MR) is 101 cm³/mol. The van der Waals surface area contributed by atoms with Crippen LogP contribution >= 0.6 is 23.1 Å². The molecule has 3 heterocycles. The number of thiophene rings is 1. The quantitative estimate of drug-likeness (QED) is 0.709. The summed E-state index contributed by atoms with van der Waals surface area (Å²) < 4.78 is 45.7. The number of nitrogens with zero attached hydrogens (tertiary/aromatic N) is 3. The van der Waals surface area contributed by atoms with Crippen molar-refractivity contribution in [3.05, 3.63) is 34.7 Å². The number of β-amino-alcohol motifs (C(OH)–C–C–N with tert-alkyl or cyclic N) is 1. The molecule has 0 unspecified atom stereocenters. The van der Waals surface area contributed by atoms with Crippen LogP contribution in [0.4, 0.5) is 13.2 Å². The number of aromatic nitrogens is 1. The summed E-state index contributed by atoms with van der Waals surface area (Å²) in [6, 6.07) is 5.96. The van der Waals surface area contributed by atoms with Gasteiger partial charge >= 0.3 is 6.18 Å². The molecule has 1 atom stereocenters. The van der Waals surface area contributed by atoms with Crippen LogP contribution in [0.15, 0.2) is 28.6 Å². The minimum Gasteiger partial charge on any atom is -0.391 e. The first-order valence-electron chi connectivity index (χ1n) is 8.55. The van der Waals surface area contributed by atoms with Crippen LogP contribution in [0.5, 0.6) is 0 Å². The number of pyridine rings is 1. The topological polar surface area (TPSA) is 69.4 Å². The van der Waals surface area contributed by atoms with Gasteiger partial charge in [-0.3, -0.25) is 4.90 Å². The third kappa shape index (κ3) is 5.24. The smallest absolute Gasteiger partial charge is 0.391 e. The first-order valence-corrected chi connectivity index (χ1v) is 10.4. The zero-order valence-electron chi connectivity index (χ0n) is 14.8. The molecule has 28 heavy (non-hydrogen) atoms. The van der Waals surface area contributed by atoms with E-state index in [-0.39, 0.29) is 16.5 Å². The van der Waals surface area contributed by atoms with Gasteiger partial charge in [0.1, 0.15) is 11.1 Å². The Bertz CT molecular complexity index is 832. The Labute approximate surface area is 168 Å². The van der Waals surface area contributed by atoms with Gasteiger partial charge in [0.25, 0.3) is 0 Å². The number of rotatable bonds is 6. The monoisotopic (exact) mass is 429 g/mol. The normalized spacial score (nSPS) is 16.7. The molecule has 0 bridgehead atoms. The summed E-state index contributed by atoms with van der Waals surface area (Å²) in [4.78, 5) is 6.91. The number of ether oxygens (including phenoxy) is 1. The van der Waals surface area contributed by atoms with Crippen LogP contribution in [0.25, 0.3) is 10.6 Å². The SMILES string of the molecule is N#Cc1c(C(F)(F)F)cc(-c2cccs2)nc1SC[C@@H](O)CN1CCOCC1. The number of thioether (sulfide) groups is 1. The van der Waals surface area contributed by atoms with Crippen molar-refractivity contribution in [1.82, 2.24) is 9.88 Å². The lowest BCUT2D eigenvalue weighted by Crippen LogP contribution is -2.41. The Morgan fingerprint density at radius 3 is 2.75 bits per heavy atom. The lowest BCUT2D eigenvalue weighted by atomic mass is 10.1. The van der Waals surface area contributed by atoms with Crippen LogP contribution in [0.3, 0.4) is 0 Å². The van der Waals surface area contributed by atoms with Crippen molar-refractivity contribution in [2.75, 3.05) is 38.6 Å². The lowest BCUT2D eigenvalue weighted by Gasteiger charge is -2.28. The molecule has 1 N–H and O–H groups in total. The van der Waals surface area contributed by atoms with Gasteiger partial charge < -0.3 is 9.84 Å². The highest BCUT2D eigenvalue weighted by Crippen LogP contribution is 2.38. The van der Waals surface area contributed by atoms with Gasteiger partial charge in [0.05, 0.1) is 41.0 Å². The van der Waals surface area contributed by atoms with Gasteiger partial charge in [-0.05, 0) is 17.5 Å². The van der Waals surface area contributed by atoms with Gasteiger partial charge in [0.2, 0.25) is 0 Å². The van der Waals surface area contributed by atoms with E-state index in [1.807, 2.05) is 4.90 Å². The van der Waals surface area contributed by atoms with Crippen LogP contribution in [0.1, 0.15) is 11.1 Å². The van der Waals surface area contributed by atoms with Crippen molar-refractivity contribution in [3.63, 3.8) is 0 Å².